The molecule has 0 bridgehead atoms. The minimum atomic E-state index is -4.30. The summed E-state index contributed by atoms with van der Waals surface area (Å²) in [4.78, 5) is 0. The van der Waals surface area contributed by atoms with Crippen molar-refractivity contribution in [3.63, 3.8) is 0 Å². The number of hydrogen-bond donors (Lipinski definition) is 0. The third-order valence-electron chi connectivity index (χ3n) is 2.17. The maximum atomic E-state index is 11.8. The summed E-state index contributed by atoms with van der Waals surface area (Å²) in [5.41, 5.74) is 0.777. The van der Waals surface area contributed by atoms with Gasteiger partial charge >= 0.3 is 6.18 Å². The molecule has 0 N–H and O–H groups in total. The largest absolute Gasteiger partial charge is 0.492 e. The SMILES string of the molecule is FC(F)(F)COCCCOc1c(Cl)cc(Cl)cc1CBr. The van der Waals surface area contributed by atoms with Crippen LogP contribution in [0.2, 0.25) is 10.0 Å². The molecule has 0 fully saturated rings. The highest BCUT2D eigenvalue weighted by atomic mass is 79.9. The number of ether oxygens (including phenoxy) is 2. The van der Waals surface area contributed by atoms with Crippen molar-refractivity contribution in [1.82, 2.24) is 0 Å². The van der Waals surface area contributed by atoms with E-state index in [1.54, 1.807) is 12.1 Å². The molecule has 0 aliphatic rings. The van der Waals surface area contributed by atoms with E-state index in [1.165, 1.54) is 0 Å². The van der Waals surface area contributed by atoms with Crippen LogP contribution in [0.3, 0.4) is 0 Å². The highest BCUT2D eigenvalue weighted by Crippen LogP contribution is 2.33. The molecule has 1 rings (SSSR count). The Morgan fingerprint density at radius 2 is 1.85 bits per heavy atom. The maximum absolute atomic E-state index is 11.8. The number of halogens is 6. The van der Waals surface area contributed by atoms with Crippen molar-refractivity contribution in [1.29, 1.82) is 0 Å². The van der Waals surface area contributed by atoms with E-state index in [4.69, 9.17) is 27.9 Å². The standard InChI is InChI=1S/C12H12BrCl2F3O2/c13-6-8-4-9(14)5-10(15)11(8)20-3-1-2-19-7-12(16,17)18/h4-5H,1-3,6-7H2. The summed E-state index contributed by atoms with van der Waals surface area (Å²) in [7, 11) is 0. The van der Waals surface area contributed by atoms with E-state index >= 15 is 0 Å². The average molecular weight is 396 g/mol. The van der Waals surface area contributed by atoms with Crippen molar-refractivity contribution in [2.45, 2.75) is 17.9 Å². The van der Waals surface area contributed by atoms with Gasteiger partial charge in [-0.1, -0.05) is 39.1 Å². The van der Waals surface area contributed by atoms with Gasteiger partial charge in [-0.25, -0.2) is 0 Å². The number of benzene rings is 1. The summed E-state index contributed by atoms with van der Waals surface area (Å²) in [6.45, 7) is -1.07. The van der Waals surface area contributed by atoms with Crippen molar-refractivity contribution in [2.75, 3.05) is 19.8 Å². The van der Waals surface area contributed by atoms with E-state index in [1.807, 2.05) is 0 Å². The summed E-state index contributed by atoms with van der Waals surface area (Å²) in [6, 6.07) is 3.25. The van der Waals surface area contributed by atoms with E-state index in [9.17, 15) is 13.2 Å². The zero-order valence-electron chi connectivity index (χ0n) is 10.3. The van der Waals surface area contributed by atoms with Crippen molar-refractivity contribution >= 4 is 39.1 Å². The summed E-state index contributed by atoms with van der Waals surface area (Å²) in [5.74, 6) is 0.476. The van der Waals surface area contributed by atoms with Gasteiger partial charge in [0, 0.05) is 22.3 Å². The normalized spacial score (nSPS) is 11.7. The lowest BCUT2D eigenvalue weighted by atomic mass is 10.2. The molecule has 0 atom stereocenters. The quantitative estimate of drug-likeness (QED) is 0.464. The van der Waals surface area contributed by atoms with E-state index in [2.05, 4.69) is 20.7 Å². The van der Waals surface area contributed by atoms with E-state index in [-0.39, 0.29) is 13.2 Å². The van der Waals surface area contributed by atoms with Gasteiger partial charge in [-0.05, 0) is 12.1 Å². The zero-order chi connectivity index (χ0) is 15.2. The maximum Gasteiger partial charge on any atom is 0.411 e. The number of alkyl halides is 4. The summed E-state index contributed by atoms with van der Waals surface area (Å²) in [6.07, 6.45) is -3.97. The highest BCUT2D eigenvalue weighted by molar-refractivity contribution is 9.08. The molecule has 2 nitrogen and oxygen atoms in total. The molecule has 20 heavy (non-hydrogen) atoms. The lowest BCUT2D eigenvalue weighted by Gasteiger charge is -2.13. The first kappa shape index (κ1) is 17.9. The van der Waals surface area contributed by atoms with Crippen LogP contribution in [0.5, 0.6) is 5.75 Å². The molecule has 0 saturated carbocycles. The van der Waals surface area contributed by atoms with Crippen LogP contribution in [-0.2, 0) is 10.1 Å². The van der Waals surface area contributed by atoms with Crippen molar-refractivity contribution in [2.24, 2.45) is 0 Å². The highest BCUT2D eigenvalue weighted by Gasteiger charge is 2.27. The van der Waals surface area contributed by atoms with Gasteiger partial charge in [-0.15, -0.1) is 0 Å². The van der Waals surface area contributed by atoms with Gasteiger partial charge in [0.15, 0.2) is 0 Å². The molecule has 0 amide bonds. The number of rotatable bonds is 7. The van der Waals surface area contributed by atoms with Crippen LogP contribution in [0, 0.1) is 0 Å². The lowest BCUT2D eigenvalue weighted by molar-refractivity contribution is -0.174. The minimum absolute atomic E-state index is 0.0334. The molecule has 0 saturated heterocycles. The second kappa shape index (κ2) is 8.32. The topological polar surface area (TPSA) is 18.5 Å². The van der Waals surface area contributed by atoms with Gasteiger partial charge in [0.2, 0.25) is 0 Å². The lowest BCUT2D eigenvalue weighted by Crippen LogP contribution is -2.18. The third kappa shape index (κ3) is 6.52. The molecule has 114 valence electrons. The predicted octanol–water partition coefficient (Wildman–Crippen LogP) is 5.24. The van der Waals surface area contributed by atoms with Crippen LogP contribution < -0.4 is 4.74 Å². The second-order valence-electron chi connectivity index (χ2n) is 3.88. The Balaban J connectivity index is 2.39. The van der Waals surface area contributed by atoms with Gasteiger partial charge in [0.05, 0.1) is 18.2 Å². The monoisotopic (exact) mass is 394 g/mol. The molecule has 1 aromatic carbocycles. The Labute approximate surface area is 133 Å². The first-order valence-corrected chi connectivity index (χ1v) is 7.52. The van der Waals surface area contributed by atoms with Crippen LogP contribution in [0.25, 0.3) is 0 Å². The smallest absolute Gasteiger partial charge is 0.411 e. The Morgan fingerprint density at radius 3 is 2.45 bits per heavy atom. The molecule has 0 aromatic heterocycles. The fraction of sp³-hybridized carbons (Fsp3) is 0.500. The van der Waals surface area contributed by atoms with Crippen molar-refractivity contribution < 1.29 is 22.6 Å². The van der Waals surface area contributed by atoms with E-state index < -0.39 is 12.8 Å². The van der Waals surface area contributed by atoms with Gasteiger partial charge in [-0.2, -0.15) is 13.2 Å². The van der Waals surface area contributed by atoms with Crippen LogP contribution in [0.15, 0.2) is 12.1 Å². The van der Waals surface area contributed by atoms with Crippen molar-refractivity contribution in [3.8, 4) is 5.75 Å². The third-order valence-corrected chi connectivity index (χ3v) is 3.28. The first-order chi connectivity index (χ1) is 9.33. The van der Waals surface area contributed by atoms with Gasteiger partial charge < -0.3 is 9.47 Å². The molecule has 1 aromatic rings. The Morgan fingerprint density at radius 1 is 1.15 bits per heavy atom. The average Bonchev–Trinajstić information content (AvgIpc) is 2.33. The van der Waals surface area contributed by atoms with Crippen LogP contribution in [-0.4, -0.2) is 26.0 Å². The van der Waals surface area contributed by atoms with Crippen LogP contribution in [0.4, 0.5) is 13.2 Å². The van der Waals surface area contributed by atoms with Crippen molar-refractivity contribution in [3.05, 3.63) is 27.7 Å². The van der Waals surface area contributed by atoms with Crippen LogP contribution >= 0.6 is 39.1 Å². The first-order valence-electron chi connectivity index (χ1n) is 5.64. The summed E-state index contributed by atoms with van der Waals surface area (Å²) < 4.78 is 45.4. The molecule has 0 heterocycles. The Hall–Kier alpha value is -0.170. The Bertz CT molecular complexity index is 441. The van der Waals surface area contributed by atoms with Crippen LogP contribution in [0.1, 0.15) is 12.0 Å². The number of hydrogen-bond acceptors (Lipinski definition) is 2. The van der Waals surface area contributed by atoms with E-state index in [0.717, 1.165) is 5.56 Å². The molecule has 0 aliphatic carbocycles. The molecular formula is C12H12BrCl2F3O2. The van der Waals surface area contributed by atoms with Gasteiger partial charge in [0.25, 0.3) is 0 Å². The molecule has 0 unspecified atom stereocenters. The fourth-order valence-corrected chi connectivity index (χ4v) is 2.40. The minimum Gasteiger partial charge on any atom is -0.492 e. The second-order valence-corrected chi connectivity index (χ2v) is 5.28. The van der Waals surface area contributed by atoms with E-state index in [0.29, 0.717) is 27.5 Å². The predicted molar refractivity (Wildman–Crippen MR) is 76.1 cm³/mol. The molecular weight excluding hydrogens is 384 g/mol. The Kier molecular flexibility index (Phi) is 7.43. The molecule has 8 heteroatoms. The molecule has 0 radical (unpaired) electrons. The van der Waals surface area contributed by atoms with Gasteiger partial charge in [-0.3, -0.25) is 0 Å². The molecule has 0 aliphatic heterocycles. The summed E-state index contributed by atoms with van der Waals surface area (Å²) >= 11 is 15.1. The zero-order valence-corrected chi connectivity index (χ0v) is 13.4. The van der Waals surface area contributed by atoms with Gasteiger partial charge in [0.1, 0.15) is 12.4 Å². The fourth-order valence-electron chi connectivity index (χ4n) is 1.40. The molecule has 0 spiro atoms. The summed E-state index contributed by atoms with van der Waals surface area (Å²) in [5, 5.41) is 1.36.